The molecule has 0 fully saturated rings. The van der Waals surface area contributed by atoms with E-state index in [1.807, 2.05) is 23.7 Å². The van der Waals surface area contributed by atoms with E-state index >= 15 is 0 Å². The average molecular weight is 376 g/mol. The van der Waals surface area contributed by atoms with Crippen LogP contribution in [-0.4, -0.2) is 24.5 Å². The summed E-state index contributed by atoms with van der Waals surface area (Å²) in [5.74, 6) is 0. The zero-order valence-electron chi connectivity index (χ0n) is 15.4. The minimum absolute atomic E-state index is 0.217. The summed E-state index contributed by atoms with van der Waals surface area (Å²) >= 11 is 1.83. The topological polar surface area (TPSA) is 59.4 Å². The van der Waals surface area contributed by atoms with Gasteiger partial charge in [0.2, 0.25) is 0 Å². The Morgan fingerprint density at radius 2 is 1.96 bits per heavy atom. The van der Waals surface area contributed by atoms with Gasteiger partial charge in [0, 0.05) is 16.1 Å². The molecule has 0 saturated carbocycles. The zero-order valence-corrected chi connectivity index (χ0v) is 16.3. The van der Waals surface area contributed by atoms with Gasteiger partial charge in [-0.3, -0.25) is 0 Å². The lowest BCUT2D eigenvalue weighted by molar-refractivity contribution is 0.485. The highest BCUT2D eigenvalue weighted by Gasteiger charge is 2.29. The summed E-state index contributed by atoms with van der Waals surface area (Å²) in [4.78, 5) is 19.0. The van der Waals surface area contributed by atoms with Crippen LogP contribution in [0.1, 0.15) is 40.2 Å². The minimum atomic E-state index is 0.217. The van der Waals surface area contributed by atoms with Crippen molar-refractivity contribution in [2.45, 2.75) is 39.2 Å². The summed E-state index contributed by atoms with van der Waals surface area (Å²) in [6.07, 6.45) is 7.12. The SMILES string of the molecule is Cc1nc2c(s1)CCC[C@@H]2n1cnc(-c2ccccc2)c1-c1nc[nH]c1C. The molecule has 0 saturated heterocycles. The fraction of sp³-hybridized carbons (Fsp3) is 0.286. The number of aromatic amines is 1. The molecule has 1 aliphatic carbocycles. The second kappa shape index (κ2) is 6.46. The Hall–Kier alpha value is -2.73. The monoisotopic (exact) mass is 375 g/mol. The molecule has 0 aliphatic heterocycles. The Bertz CT molecular complexity index is 1090. The second-order valence-corrected chi connectivity index (χ2v) is 8.33. The number of hydrogen-bond donors (Lipinski definition) is 1. The number of H-pyrrole nitrogens is 1. The van der Waals surface area contributed by atoms with Gasteiger partial charge in [-0.05, 0) is 33.1 Å². The molecule has 1 atom stereocenters. The first kappa shape index (κ1) is 16.4. The van der Waals surface area contributed by atoms with Crippen LogP contribution in [0.5, 0.6) is 0 Å². The summed E-state index contributed by atoms with van der Waals surface area (Å²) in [5, 5.41) is 1.15. The largest absolute Gasteiger partial charge is 0.348 e. The summed E-state index contributed by atoms with van der Waals surface area (Å²) in [6.45, 7) is 4.16. The zero-order chi connectivity index (χ0) is 18.4. The number of benzene rings is 1. The lowest BCUT2D eigenvalue weighted by atomic mass is 9.96. The summed E-state index contributed by atoms with van der Waals surface area (Å²) in [6, 6.07) is 10.6. The number of aryl methyl sites for hydroxylation is 3. The molecule has 1 N–H and O–H groups in total. The molecule has 0 bridgehead atoms. The second-order valence-electron chi connectivity index (χ2n) is 7.04. The number of aromatic nitrogens is 5. The third-order valence-corrected chi connectivity index (χ3v) is 6.31. The van der Waals surface area contributed by atoms with Crippen LogP contribution in [0.2, 0.25) is 0 Å². The Morgan fingerprint density at radius 1 is 1.11 bits per heavy atom. The van der Waals surface area contributed by atoms with Crippen molar-refractivity contribution in [2.75, 3.05) is 0 Å². The molecule has 1 aromatic carbocycles. The van der Waals surface area contributed by atoms with Crippen molar-refractivity contribution < 1.29 is 0 Å². The average Bonchev–Trinajstić information content (AvgIpc) is 3.38. The van der Waals surface area contributed by atoms with Crippen LogP contribution in [0.25, 0.3) is 22.6 Å². The quantitative estimate of drug-likeness (QED) is 0.552. The molecular weight excluding hydrogens is 354 g/mol. The normalized spacial score (nSPS) is 16.4. The van der Waals surface area contributed by atoms with Gasteiger partial charge in [0.05, 0.1) is 40.8 Å². The van der Waals surface area contributed by atoms with Crippen molar-refractivity contribution in [3.8, 4) is 22.6 Å². The van der Waals surface area contributed by atoms with Gasteiger partial charge in [-0.15, -0.1) is 11.3 Å². The molecule has 0 unspecified atom stereocenters. The van der Waals surface area contributed by atoms with Gasteiger partial charge in [0.1, 0.15) is 5.69 Å². The van der Waals surface area contributed by atoms with E-state index in [1.165, 1.54) is 17.0 Å². The minimum Gasteiger partial charge on any atom is -0.348 e. The summed E-state index contributed by atoms with van der Waals surface area (Å²) < 4.78 is 2.29. The third kappa shape index (κ3) is 2.72. The molecule has 6 heteroatoms. The van der Waals surface area contributed by atoms with E-state index < -0.39 is 0 Å². The van der Waals surface area contributed by atoms with E-state index in [2.05, 4.69) is 52.6 Å². The first-order valence-electron chi connectivity index (χ1n) is 9.31. The third-order valence-electron chi connectivity index (χ3n) is 5.26. The van der Waals surface area contributed by atoms with Gasteiger partial charge in [-0.2, -0.15) is 0 Å². The Morgan fingerprint density at radius 3 is 2.74 bits per heavy atom. The summed E-state index contributed by atoms with van der Waals surface area (Å²) in [5.41, 5.74) is 6.40. The van der Waals surface area contributed by atoms with Crippen LogP contribution in [-0.2, 0) is 6.42 Å². The fourth-order valence-corrected chi connectivity index (χ4v) is 5.06. The standard InChI is InChI=1S/C21H21N5S/c1-13-18(23-11-22-13)21-19(15-7-4-3-5-8-15)24-12-26(21)16-9-6-10-17-20(16)25-14(2)27-17/h3-5,7-8,11-12,16H,6,9-10H2,1-2H3,(H,22,23)/t16-/m0/s1. The molecule has 5 nitrogen and oxygen atoms in total. The number of thiazole rings is 1. The van der Waals surface area contributed by atoms with E-state index in [0.29, 0.717) is 0 Å². The van der Waals surface area contributed by atoms with Crippen molar-refractivity contribution in [1.29, 1.82) is 0 Å². The maximum atomic E-state index is 4.88. The molecule has 136 valence electrons. The van der Waals surface area contributed by atoms with E-state index in [1.54, 1.807) is 6.33 Å². The molecule has 1 aliphatic rings. The van der Waals surface area contributed by atoms with Crippen molar-refractivity contribution in [2.24, 2.45) is 0 Å². The van der Waals surface area contributed by atoms with Crippen LogP contribution in [0.3, 0.4) is 0 Å². The fourth-order valence-electron chi connectivity index (χ4n) is 4.03. The molecule has 4 aromatic rings. The molecule has 0 spiro atoms. The van der Waals surface area contributed by atoms with Gasteiger partial charge >= 0.3 is 0 Å². The van der Waals surface area contributed by atoms with E-state index in [4.69, 9.17) is 9.97 Å². The number of rotatable bonds is 3. The highest BCUT2D eigenvalue weighted by molar-refractivity contribution is 7.11. The first-order chi connectivity index (χ1) is 13.2. The van der Waals surface area contributed by atoms with Crippen molar-refractivity contribution in [3.63, 3.8) is 0 Å². The van der Waals surface area contributed by atoms with Crippen molar-refractivity contribution in [1.82, 2.24) is 24.5 Å². The molecule has 0 amide bonds. The molecule has 5 rings (SSSR count). The van der Waals surface area contributed by atoms with E-state index in [0.717, 1.165) is 46.2 Å². The number of hydrogen-bond acceptors (Lipinski definition) is 4. The van der Waals surface area contributed by atoms with Crippen molar-refractivity contribution in [3.05, 3.63) is 64.3 Å². The number of nitrogens with zero attached hydrogens (tertiary/aromatic N) is 4. The predicted octanol–water partition coefficient (Wildman–Crippen LogP) is 4.94. The predicted molar refractivity (Wildman–Crippen MR) is 108 cm³/mol. The smallest absolute Gasteiger partial charge is 0.110 e. The lowest BCUT2D eigenvalue weighted by Gasteiger charge is -2.24. The van der Waals surface area contributed by atoms with E-state index in [-0.39, 0.29) is 6.04 Å². The Balaban J connectivity index is 1.73. The van der Waals surface area contributed by atoms with Gasteiger partial charge in [-0.25, -0.2) is 15.0 Å². The molecular formula is C21H21N5S. The Labute approximate surface area is 162 Å². The van der Waals surface area contributed by atoms with Crippen LogP contribution in [0.4, 0.5) is 0 Å². The highest BCUT2D eigenvalue weighted by Crippen LogP contribution is 2.40. The van der Waals surface area contributed by atoms with E-state index in [9.17, 15) is 0 Å². The Kier molecular flexibility index (Phi) is 3.93. The van der Waals surface area contributed by atoms with Gasteiger partial charge in [0.15, 0.2) is 0 Å². The van der Waals surface area contributed by atoms with Crippen LogP contribution >= 0.6 is 11.3 Å². The summed E-state index contributed by atoms with van der Waals surface area (Å²) in [7, 11) is 0. The van der Waals surface area contributed by atoms with Gasteiger partial charge < -0.3 is 9.55 Å². The van der Waals surface area contributed by atoms with Crippen LogP contribution in [0, 0.1) is 13.8 Å². The van der Waals surface area contributed by atoms with Crippen LogP contribution < -0.4 is 0 Å². The lowest BCUT2D eigenvalue weighted by Crippen LogP contribution is -2.17. The number of fused-ring (bicyclic) bond motifs is 1. The van der Waals surface area contributed by atoms with Crippen molar-refractivity contribution >= 4 is 11.3 Å². The molecule has 27 heavy (non-hydrogen) atoms. The highest BCUT2D eigenvalue weighted by atomic mass is 32.1. The molecule has 0 radical (unpaired) electrons. The number of nitrogens with one attached hydrogen (secondary N) is 1. The van der Waals surface area contributed by atoms with Gasteiger partial charge in [0.25, 0.3) is 0 Å². The molecule has 3 heterocycles. The maximum Gasteiger partial charge on any atom is 0.110 e. The first-order valence-corrected chi connectivity index (χ1v) is 10.1. The van der Waals surface area contributed by atoms with Crippen LogP contribution in [0.15, 0.2) is 43.0 Å². The van der Waals surface area contributed by atoms with Gasteiger partial charge in [-0.1, -0.05) is 30.3 Å². The molecule has 3 aromatic heterocycles. The number of imidazole rings is 2. The maximum absolute atomic E-state index is 4.88.